The first-order chi connectivity index (χ1) is 12.6. The van der Waals surface area contributed by atoms with Crippen molar-refractivity contribution >= 4 is 29.1 Å². The maximum atomic E-state index is 12.8. The van der Waals surface area contributed by atoms with Crippen molar-refractivity contribution in [2.45, 2.75) is 25.3 Å². The van der Waals surface area contributed by atoms with Crippen LogP contribution in [0.15, 0.2) is 48.5 Å². The number of nitrogens with one attached hydrogen (secondary N) is 1. The van der Waals surface area contributed by atoms with Crippen LogP contribution in [-0.4, -0.2) is 36.4 Å². The fraction of sp³-hybridized carbons (Fsp3) is 0.300. The molecule has 0 bridgehead atoms. The number of piperidine rings is 1. The van der Waals surface area contributed by atoms with E-state index in [1.165, 1.54) is 7.11 Å². The topological polar surface area (TPSA) is 58.6 Å². The summed E-state index contributed by atoms with van der Waals surface area (Å²) in [5.41, 5.74) is 1.18. The summed E-state index contributed by atoms with van der Waals surface area (Å²) in [5, 5.41) is 3.29. The van der Waals surface area contributed by atoms with Crippen molar-refractivity contribution in [2.75, 3.05) is 19.0 Å². The monoisotopic (exact) mass is 372 g/mol. The van der Waals surface area contributed by atoms with Crippen molar-refractivity contribution in [3.63, 3.8) is 0 Å². The van der Waals surface area contributed by atoms with Gasteiger partial charge in [0.15, 0.2) is 0 Å². The Balaban J connectivity index is 1.76. The third kappa shape index (κ3) is 3.99. The second kappa shape index (κ2) is 8.23. The molecule has 1 N–H and O–H groups in total. The van der Waals surface area contributed by atoms with Gasteiger partial charge in [0.05, 0.1) is 12.1 Å². The molecule has 26 heavy (non-hydrogen) atoms. The lowest BCUT2D eigenvalue weighted by Gasteiger charge is -2.34. The van der Waals surface area contributed by atoms with E-state index in [1.807, 2.05) is 18.2 Å². The standard InChI is InChI=1S/C20H21ClN2O3/c1-26-18-11-10-15(13-16(18)21)22-19(24)17-9-5-6-12-23(17)20(25)14-7-3-2-4-8-14/h2-4,7-8,10-11,13,17H,5-6,9,12H2,1H3,(H,22,24)/t17-/m0/s1. The molecule has 1 atom stereocenters. The molecular weight excluding hydrogens is 352 g/mol. The number of ether oxygens (including phenoxy) is 1. The summed E-state index contributed by atoms with van der Waals surface area (Å²) in [4.78, 5) is 27.3. The highest BCUT2D eigenvalue weighted by Gasteiger charge is 2.32. The largest absolute Gasteiger partial charge is 0.495 e. The smallest absolute Gasteiger partial charge is 0.254 e. The molecule has 0 saturated carbocycles. The minimum atomic E-state index is -0.489. The van der Waals surface area contributed by atoms with Gasteiger partial charge >= 0.3 is 0 Å². The van der Waals surface area contributed by atoms with E-state index in [0.717, 1.165) is 12.8 Å². The van der Waals surface area contributed by atoms with Gasteiger partial charge in [0.25, 0.3) is 5.91 Å². The highest BCUT2D eigenvalue weighted by Crippen LogP contribution is 2.28. The van der Waals surface area contributed by atoms with E-state index in [9.17, 15) is 9.59 Å². The summed E-state index contributed by atoms with van der Waals surface area (Å²) >= 11 is 6.12. The molecule has 0 aliphatic carbocycles. The first-order valence-corrected chi connectivity index (χ1v) is 8.98. The van der Waals surface area contributed by atoms with Crippen LogP contribution in [0.25, 0.3) is 0 Å². The van der Waals surface area contributed by atoms with E-state index in [2.05, 4.69) is 5.32 Å². The Morgan fingerprint density at radius 2 is 1.92 bits per heavy atom. The van der Waals surface area contributed by atoms with Crippen LogP contribution in [0.2, 0.25) is 5.02 Å². The van der Waals surface area contributed by atoms with Crippen LogP contribution in [0, 0.1) is 0 Å². The van der Waals surface area contributed by atoms with Gasteiger partial charge < -0.3 is 15.0 Å². The van der Waals surface area contributed by atoms with Crippen LogP contribution < -0.4 is 10.1 Å². The van der Waals surface area contributed by atoms with Crippen LogP contribution in [0.5, 0.6) is 5.75 Å². The van der Waals surface area contributed by atoms with Gasteiger partial charge in [-0.25, -0.2) is 0 Å². The SMILES string of the molecule is COc1ccc(NC(=O)[C@@H]2CCCCN2C(=O)c2ccccc2)cc1Cl. The van der Waals surface area contributed by atoms with Crippen molar-refractivity contribution in [3.05, 3.63) is 59.1 Å². The summed E-state index contributed by atoms with van der Waals surface area (Å²) in [7, 11) is 1.54. The molecule has 1 fully saturated rings. The lowest BCUT2D eigenvalue weighted by Crippen LogP contribution is -2.50. The summed E-state index contributed by atoms with van der Waals surface area (Å²) in [5.74, 6) is 0.233. The first-order valence-electron chi connectivity index (χ1n) is 8.60. The zero-order chi connectivity index (χ0) is 18.5. The van der Waals surface area contributed by atoms with Crippen LogP contribution in [0.3, 0.4) is 0 Å². The third-order valence-electron chi connectivity index (χ3n) is 4.51. The summed E-state index contributed by atoms with van der Waals surface area (Å²) < 4.78 is 5.12. The zero-order valence-corrected chi connectivity index (χ0v) is 15.3. The molecule has 3 rings (SSSR count). The molecule has 0 radical (unpaired) electrons. The minimum absolute atomic E-state index is 0.113. The number of carbonyl (C=O) groups excluding carboxylic acids is 2. The maximum Gasteiger partial charge on any atom is 0.254 e. The Morgan fingerprint density at radius 3 is 2.62 bits per heavy atom. The Hall–Kier alpha value is -2.53. The number of hydrogen-bond donors (Lipinski definition) is 1. The second-order valence-corrected chi connectivity index (χ2v) is 6.62. The zero-order valence-electron chi connectivity index (χ0n) is 14.6. The number of benzene rings is 2. The van der Waals surface area contributed by atoms with Crippen molar-refractivity contribution in [3.8, 4) is 5.75 Å². The number of methoxy groups -OCH3 is 1. The van der Waals surface area contributed by atoms with Gasteiger partial charge in [0, 0.05) is 17.8 Å². The molecule has 1 aliphatic rings. The lowest BCUT2D eigenvalue weighted by atomic mass is 10.00. The molecule has 1 heterocycles. The Kier molecular flexibility index (Phi) is 5.78. The number of halogens is 1. The number of hydrogen-bond acceptors (Lipinski definition) is 3. The van der Waals surface area contributed by atoms with E-state index < -0.39 is 6.04 Å². The van der Waals surface area contributed by atoms with Gasteiger partial charge in [0.2, 0.25) is 5.91 Å². The number of likely N-dealkylation sites (tertiary alicyclic amines) is 1. The molecular formula is C20H21ClN2O3. The number of rotatable bonds is 4. The van der Waals surface area contributed by atoms with Crippen LogP contribution in [-0.2, 0) is 4.79 Å². The van der Waals surface area contributed by atoms with E-state index in [1.54, 1.807) is 35.2 Å². The highest BCUT2D eigenvalue weighted by atomic mass is 35.5. The van der Waals surface area contributed by atoms with Gasteiger partial charge in [-0.15, -0.1) is 0 Å². The Labute approximate surface area is 157 Å². The van der Waals surface area contributed by atoms with Gasteiger partial charge in [0.1, 0.15) is 11.8 Å². The van der Waals surface area contributed by atoms with Gasteiger partial charge in [-0.05, 0) is 49.6 Å². The Morgan fingerprint density at radius 1 is 1.15 bits per heavy atom. The molecule has 0 aromatic heterocycles. The normalized spacial score (nSPS) is 16.8. The molecule has 6 heteroatoms. The molecule has 2 aromatic carbocycles. The van der Waals surface area contributed by atoms with E-state index in [-0.39, 0.29) is 11.8 Å². The molecule has 5 nitrogen and oxygen atoms in total. The van der Waals surface area contributed by atoms with E-state index in [0.29, 0.717) is 35.0 Å². The van der Waals surface area contributed by atoms with Crippen LogP contribution in [0.4, 0.5) is 5.69 Å². The van der Waals surface area contributed by atoms with E-state index >= 15 is 0 Å². The van der Waals surface area contributed by atoms with Crippen molar-refractivity contribution in [1.29, 1.82) is 0 Å². The van der Waals surface area contributed by atoms with Gasteiger partial charge in [-0.3, -0.25) is 9.59 Å². The Bertz CT molecular complexity index is 795. The van der Waals surface area contributed by atoms with E-state index in [4.69, 9.17) is 16.3 Å². The molecule has 2 aromatic rings. The molecule has 2 amide bonds. The minimum Gasteiger partial charge on any atom is -0.495 e. The molecule has 0 spiro atoms. The third-order valence-corrected chi connectivity index (χ3v) is 4.80. The lowest BCUT2D eigenvalue weighted by molar-refractivity contribution is -0.121. The number of carbonyl (C=O) groups is 2. The quantitative estimate of drug-likeness (QED) is 0.883. The summed E-state index contributed by atoms with van der Waals surface area (Å²) in [6.45, 7) is 0.579. The van der Waals surface area contributed by atoms with Crippen molar-refractivity contribution < 1.29 is 14.3 Å². The summed E-state index contributed by atoms with van der Waals surface area (Å²) in [6.07, 6.45) is 2.46. The average Bonchev–Trinajstić information content (AvgIpc) is 2.68. The molecule has 1 saturated heterocycles. The average molecular weight is 373 g/mol. The number of nitrogens with zero attached hydrogens (tertiary/aromatic N) is 1. The van der Waals surface area contributed by atoms with Gasteiger partial charge in [-0.2, -0.15) is 0 Å². The molecule has 0 unspecified atom stereocenters. The molecule has 1 aliphatic heterocycles. The van der Waals surface area contributed by atoms with Gasteiger partial charge in [-0.1, -0.05) is 29.8 Å². The summed E-state index contributed by atoms with van der Waals surface area (Å²) in [6, 6.07) is 13.6. The number of anilines is 1. The van der Waals surface area contributed by atoms with Crippen LogP contribution >= 0.6 is 11.6 Å². The van der Waals surface area contributed by atoms with Crippen molar-refractivity contribution in [1.82, 2.24) is 4.90 Å². The number of amides is 2. The van der Waals surface area contributed by atoms with Crippen LogP contribution in [0.1, 0.15) is 29.6 Å². The van der Waals surface area contributed by atoms with Crippen molar-refractivity contribution in [2.24, 2.45) is 0 Å². The fourth-order valence-corrected chi connectivity index (χ4v) is 3.42. The predicted octanol–water partition coefficient (Wildman–Crippen LogP) is 3.98. The second-order valence-electron chi connectivity index (χ2n) is 6.21. The fourth-order valence-electron chi connectivity index (χ4n) is 3.16. The molecule has 136 valence electrons. The predicted molar refractivity (Wildman–Crippen MR) is 102 cm³/mol. The maximum absolute atomic E-state index is 12.8. The highest BCUT2D eigenvalue weighted by molar-refractivity contribution is 6.32. The first kappa shape index (κ1) is 18.3.